The Morgan fingerprint density at radius 3 is 2.96 bits per heavy atom. The van der Waals surface area contributed by atoms with Crippen molar-refractivity contribution in [1.82, 2.24) is 9.55 Å². The summed E-state index contributed by atoms with van der Waals surface area (Å²) in [6.07, 6.45) is 3.77. The number of nitrogens with zero attached hydrogens (tertiary/aromatic N) is 2. The Hall–Kier alpha value is -1.82. The molecule has 0 fully saturated rings. The van der Waals surface area contributed by atoms with Crippen LogP contribution >= 0.6 is 34.5 Å². The van der Waals surface area contributed by atoms with Crippen LogP contribution in [0.4, 0.5) is 0 Å². The lowest BCUT2D eigenvalue weighted by atomic mass is 10.1. The van der Waals surface area contributed by atoms with Gasteiger partial charge in [0.25, 0.3) is 0 Å². The summed E-state index contributed by atoms with van der Waals surface area (Å²) in [4.78, 5) is 16.7. The molecule has 0 bridgehead atoms. The molecule has 1 aromatic carbocycles. The number of Topliss-reactive ketones (excluding diaryl/α,β-unsaturated/α-hetero) is 1. The molecule has 0 spiro atoms. The Labute approximate surface area is 153 Å². The van der Waals surface area contributed by atoms with Gasteiger partial charge in [-0.05, 0) is 17.7 Å². The number of aromatic nitrogens is 2. The van der Waals surface area contributed by atoms with Gasteiger partial charge in [-0.2, -0.15) is 0 Å². The summed E-state index contributed by atoms with van der Waals surface area (Å²) in [5.41, 5.74) is 2.27. The average molecular weight is 381 g/mol. The van der Waals surface area contributed by atoms with Gasteiger partial charge in [0.2, 0.25) is 0 Å². The van der Waals surface area contributed by atoms with E-state index in [0.29, 0.717) is 32.9 Å². The molecule has 0 aliphatic heterocycles. The Morgan fingerprint density at radius 1 is 1.38 bits per heavy atom. The van der Waals surface area contributed by atoms with Gasteiger partial charge >= 0.3 is 0 Å². The first-order valence-electron chi connectivity index (χ1n) is 7.16. The van der Waals surface area contributed by atoms with Gasteiger partial charge in [0, 0.05) is 23.1 Å². The first-order chi connectivity index (χ1) is 11.6. The van der Waals surface area contributed by atoms with Crippen molar-refractivity contribution in [2.45, 2.75) is 13.0 Å². The summed E-state index contributed by atoms with van der Waals surface area (Å²) in [5.74, 6) is 0.369. The quantitative estimate of drug-likeness (QED) is 0.580. The minimum Gasteiger partial charge on any atom is -0.494 e. The summed E-state index contributed by atoms with van der Waals surface area (Å²) in [6.45, 7) is 0.648. The molecule has 2 heterocycles. The van der Waals surface area contributed by atoms with Crippen LogP contribution in [0.5, 0.6) is 5.75 Å². The molecular weight excluding hydrogens is 367 g/mol. The smallest absolute Gasteiger partial charge is 0.173 e. The van der Waals surface area contributed by atoms with Crippen molar-refractivity contribution in [3.8, 4) is 5.75 Å². The van der Waals surface area contributed by atoms with Crippen LogP contribution in [0.3, 0.4) is 0 Å². The highest BCUT2D eigenvalue weighted by molar-refractivity contribution is 7.15. The third-order valence-corrected chi connectivity index (χ3v) is 4.91. The van der Waals surface area contributed by atoms with Crippen molar-refractivity contribution in [1.29, 1.82) is 0 Å². The fourth-order valence-electron chi connectivity index (χ4n) is 2.40. The number of hydrogen-bond acceptors (Lipinski definition) is 4. The summed E-state index contributed by atoms with van der Waals surface area (Å²) in [6, 6.07) is 7.65. The Bertz CT molecular complexity index is 873. The normalized spacial score (nSPS) is 10.8. The van der Waals surface area contributed by atoms with E-state index >= 15 is 0 Å². The Balaban J connectivity index is 1.70. The number of ketones is 1. The number of rotatable bonds is 6. The second-order valence-electron chi connectivity index (χ2n) is 5.22. The minimum absolute atomic E-state index is 0.0667. The van der Waals surface area contributed by atoms with E-state index in [1.165, 1.54) is 18.4 Å². The molecule has 0 atom stereocenters. The zero-order valence-corrected chi connectivity index (χ0v) is 15.2. The molecule has 0 radical (unpaired) electrons. The minimum atomic E-state index is -0.0667. The van der Waals surface area contributed by atoms with Gasteiger partial charge in [0.05, 0.1) is 31.1 Å². The number of hydrogen-bond donors (Lipinski definition) is 0. The highest BCUT2D eigenvalue weighted by Gasteiger charge is 2.18. The second kappa shape index (κ2) is 7.38. The molecular formula is C17H14Cl2N2O2S. The van der Waals surface area contributed by atoms with Crippen molar-refractivity contribution in [2.75, 3.05) is 7.11 Å². The lowest BCUT2D eigenvalue weighted by Crippen LogP contribution is -2.04. The summed E-state index contributed by atoms with van der Waals surface area (Å²) >= 11 is 13.3. The zero-order chi connectivity index (χ0) is 17.1. The molecule has 0 aliphatic carbocycles. The van der Waals surface area contributed by atoms with Gasteiger partial charge in [0.1, 0.15) is 4.34 Å². The number of benzene rings is 1. The molecule has 3 aromatic rings. The van der Waals surface area contributed by atoms with E-state index < -0.39 is 0 Å². The molecule has 0 amide bonds. The number of thiophene rings is 1. The van der Waals surface area contributed by atoms with Crippen LogP contribution in [0.25, 0.3) is 0 Å². The van der Waals surface area contributed by atoms with Crippen LogP contribution < -0.4 is 4.74 Å². The molecule has 3 rings (SSSR count). The molecule has 0 saturated carbocycles. The topological polar surface area (TPSA) is 44.1 Å². The van der Waals surface area contributed by atoms with E-state index in [9.17, 15) is 4.79 Å². The van der Waals surface area contributed by atoms with Crippen LogP contribution in [-0.2, 0) is 13.0 Å². The summed E-state index contributed by atoms with van der Waals surface area (Å²) < 4.78 is 7.59. The number of carbonyl (C=O) groups is 1. The van der Waals surface area contributed by atoms with Crippen molar-refractivity contribution in [2.24, 2.45) is 0 Å². The summed E-state index contributed by atoms with van der Waals surface area (Å²) in [5, 5.41) is 2.41. The molecule has 0 saturated heterocycles. The molecule has 24 heavy (non-hydrogen) atoms. The van der Waals surface area contributed by atoms with Gasteiger partial charge in [-0.25, -0.2) is 4.98 Å². The molecule has 124 valence electrons. The maximum Gasteiger partial charge on any atom is 0.173 e. The first-order valence-corrected chi connectivity index (χ1v) is 8.79. The zero-order valence-electron chi connectivity index (χ0n) is 12.8. The van der Waals surface area contributed by atoms with E-state index in [1.807, 2.05) is 35.0 Å². The molecule has 0 N–H and O–H groups in total. The van der Waals surface area contributed by atoms with Crippen molar-refractivity contribution >= 4 is 40.3 Å². The van der Waals surface area contributed by atoms with Gasteiger partial charge < -0.3 is 9.30 Å². The van der Waals surface area contributed by atoms with Crippen molar-refractivity contribution in [3.05, 3.63) is 68.3 Å². The monoisotopic (exact) mass is 380 g/mol. The van der Waals surface area contributed by atoms with Crippen LogP contribution in [0.15, 0.2) is 42.2 Å². The van der Waals surface area contributed by atoms with Crippen LogP contribution in [0, 0.1) is 0 Å². The first kappa shape index (κ1) is 17.0. The largest absolute Gasteiger partial charge is 0.494 e. The Kier molecular flexibility index (Phi) is 5.23. The number of ether oxygens (including phenoxy) is 1. The maximum absolute atomic E-state index is 12.4. The fraction of sp³-hybridized carbons (Fsp3) is 0.176. The third kappa shape index (κ3) is 3.80. The Morgan fingerprint density at radius 2 is 2.21 bits per heavy atom. The van der Waals surface area contributed by atoms with E-state index in [2.05, 4.69) is 4.98 Å². The lowest BCUT2D eigenvalue weighted by molar-refractivity contribution is 0.0989. The molecule has 0 unspecified atom stereocenters. The predicted molar refractivity (Wildman–Crippen MR) is 96.7 cm³/mol. The van der Waals surface area contributed by atoms with E-state index in [0.717, 1.165) is 5.56 Å². The van der Waals surface area contributed by atoms with E-state index in [1.54, 1.807) is 11.7 Å². The van der Waals surface area contributed by atoms with Crippen LogP contribution in [-0.4, -0.2) is 22.4 Å². The van der Waals surface area contributed by atoms with Gasteiger partial charge in [-0.3, -0.25) is 4.79 Å². The standard InChI is InChI=1S/C17H14Cl2N2O2S/c1-23-16-14(9-24-17(16)19)15(22)6-13-8-21(10-20-13)7-11-3-2-4-12(18)5-11/h2-5,8-10H,6-7H2,1H3. The predicted octanol–water partition coefficient (Wildman–Crippen LogP) is 4.73. The number of carbonyl (C=O) groups excluding carboxylic acids is 1. The summed E-state index contributed by atoms with van der Waals surface area (Å²) in [7, 11) is 1.50. The SMILES string of the molecule is COc1c(C(=O)Cc2cn(Cc3cccc(Cl)c3)cn2)csc1Cl. The van der Waals surface area contributed by atoms with Crippen LogP contribution in [0.2, 0.25) is 9.36 Å². The molecule has 0 aliphatic rings. The van der Waals surface area contributed by atoms with E-state index in [4.69, 9.17) is 27.9 Å². The van der Waals surface area contributed by atoms with E-state index in [-0.39, 0.29) is 12.2 Å². The highest BCUT2D eigenvalue weighted by Crippen LogP contribution is 2.35. The van der Waals surface area contributed by atoms with Gasteiger partial charge in [-0.1, -0.05) is 35.3 Å². The number of halogens is 2. The van der Waals surface area contributed by atoms with Crippen molar-refractivity contribution < 1.29 is 9.53 Å². The highest BCUT2D eigenvalue weighted by atomic mass is 35.5. The number of imidazole rings is 1. The van der Waals surface area contributed by atoms with Crippen molar-refractivity contribution in [3.63, 3.8) is 0 Å². The number of methoxy groups -OCH3 is 1. The fourth-order valence-corrected chi connectivity index (χ4v) is 3.68. The van der Waals surface area contributed by atoms with Gasteiger partial charge in [-0.15, -0.1) is 11.3 Å². The lowest BCUT2D eigenvalue weighted by Gasteiger charge is -2.03. The van der Waals surface area contributed by atoms with Gasteiger partial charge in [0.15, 0.2) is 11.5 Å². The van der Waals surface area contributed by atoms with Crippen LogP contribution in [0.1, 0.15) is 21.6 Å². The molecule has 2 aromatic heterocycles. The molecule has 4 nitrogen and oxygen atoms in total. The second-order valence-corrected chi connectivity index (χ2v) is 7.14. The average Bonchev–Trinajstić information content (AvgIpc) is 3.13. The molecule has 7 heteroatoms. The maximum atomic E-state index is 12.4. The third-order valence-electron chi connectivity index (χ3n) is 3.49.